The topological polar surface area (TPSA) is 237 Å². The van der Waals surface area contributed by atoms with E-state index in [0.717, 1.165) is 114 Å². The van der Waals surface area contributed by atoms with Crippen LogP contribution in [0.1, 0.15) is 460 Å². The van der Waals surface area contributed by atoms with Crippen molar-refractivity contribution in [1.29, 1.82) is 0 Å². The zero-order valence-electron chi connectivity index (χ0n) is 70.8. The Kier molecular flexibility index (Phi) is 75.3. The molecule has 3 N–H and O–H groups in total. The van der Waals surface area contributed by atoms with Crippen LogP contribution in [0.4, 0.5) is 0 Å². The largest absolute Gasteiger partial charge is 0.472 e. The van der Waals surface area contributed by atoms with Crippen LogP contribution in [0.2, 0.25) is 0 Å². The number of hydrogen-bond donors (Lipinski definition) is 3. The van der Waals surface area contributed by atoms with E-state index in [4.69, 9.17) is 37.0 Å². The van der Waals surface area contributed by atoms with E-state index in [2.05, 4.69) is 55.4 Å². The van der Waals surface area contributed by atoms with Crippen molar-refractivity contribution in [3.8, 4) is 0 Å². The van der Waals surface area contributed by atoms with Gasteiger partial charge in [-0.15, -0.1) is 0 Å². The van der Waals surface area contributed by atoms with Crippen LogP contribution in [-0.4, -0.2) is 96.7 Å². The van der Waals surface area contributed by atoms with E-state index in [9.17, 15) is 43.2 Å². The lowest BCUT2D eigenvalue weighted by Crippen LogP contribution is -2.30. The Morgan fingerprint density at radius 3 is 0.664 bits per heavy atom. The average Bonchev–Trinajstić information content (AvgIpc) is 0.892. The van der Waals surface area contributed by atoms with Gasteiger partial charge in [-0.2, -0.15) is 0 Å². The first-order chi connectivity index (χ1) is 51.7. The molecule has 7 atom stereocenters. The fraction of sp³-hybridized carbons (Fsp3) is 0.955. The molecule has 0 aliphatic heterocycles. The molecule has 636 valence electrons. The summed E-state index contributed by atoms with van der Waals surface area (Å²) in [6, 6.07) is 0. The number of phosphoric ester groups is 2. The monoisotopic (exact) mass is 1560 g/mol. The van der Waals surface area contributed by atoms with E-state index in [1.807, 2.05) is 0 Å². The van der Waals surface area contributed by atoms with Crippen LogP contribution in [-0.2, 0) is 65.4 Å². The molecule has 0 fully saturated rings. The number of carbonyl (C=O) groups is 4. The van der Waals surface area contributed by atoms with Crippen LogP contribution in [0.3, 0.4) is 0 Å². The average molecular weight is 1560 g/mol. The zero-order chi connectivity index (χ0) is 78.8. The maximum absolute atomic E-state index is 13.2. The van der Waals surface area contributed by atoms with Crippen molar-refractivity contribution in [2.45, 2.75) is 478 Å². The Hall–Kier alpha value is -1.94. The fourth-order valence-corrected chi connectivity index (χ4v) is 15.2. The summed E-state index contributed by atoms with van der Waals surface area (Å²) in [5.41, 5.74) is 0. The summed E-state index contributed by atoms with van der Waals surface area (Å²) in [6.07, 6.45) is 66.8. The Morgan fingerprint density at radius 1 is 0.262 bits per heavy atom. The first-order valence-electron chi connectivity index (χ1n) is 45.3. The molecule has 17 nitrogen and oxygen atoms in total. The van der Waals surface area contributed by atoms with Gasteiger partial charge in [-0.05, 0) is 49.4 Å². The number of esters is 4. The molecule has 0 radical (unpaired) electrons. The third-order valence-electron chi connectivity index (χ3n) is 21.3. The van der Waals surface area contributed by atoms with Crippen LogP contribution in [0, 0.1) is 23.7 Å². The van der Waals surface area contributed by atoms with Crippen molar-refractivity contribution < 1.29 is 80.2 Å². The molecule has 19 heteroatoms. The number of carbonyl (C=O) groups excluding carboxylic acids is 4. The molecule has 0 aliphatic rings. The predicted octanol–water partition coefficient (Wildman–Crippen LogP) is 26.7. The standard InChI is InChI=1S/C88H172O17P2/c1-9-80(7)66-58-50-41-35-29-23-17-13-11-12-14-18-25-31-37-43-52-60-68-85(90)98-74-83(104-87(92)70-63-55-45-39-33-27-21-20-24-30-36-42-51-59-67-81(8)10-2)76-102-106(94,95)100-72-82(89)73-101-107(96,97)103-77-84(75-99-86(91)69-61-53-47-46-49-57-65-79(5)6)105-88(93)71-62-54-44-38-32-26-19-15-16-22-28-34-40-48-56-64-78(3)4/h78-84,89H,9-77H2,1-8H3,(H,94,95)(H,96,97)/t80?,81?,82?,83-,84-/m1/s1. The highest BCUT2D eigenvalue weighted by molar-refractivity contribution is 7.47. The molecule has 107 heavy (non-hydrogen) atoms. The van der Waals surface area contributed by atoms with Gasteiger partial charge in [-0.3, -0.25) is 37.3 Å². The van der Waals surface area contributed by atoms with E-state index >= 15 is 0 Å². The Morgan fingerprint density at radius 2 is 0.449 bits per heavy atom. The third-order valence-corrected chi connectivity index (χ3v) is 23.2. The molecule has 5 unspecified atom stereocenters. The van der Waals surface area contributed by atoms with E-state index in [1.165, 1.54) is 257 Å². The van der Waals surface area contributed by atoms with Gasteiger partial charge >= 0.3 is 39.5 Å². The normalized spacial score (nSPS) is 14.4. The lowest BCUT2D eigenvalue weighted by Gasteiger charge is -2.21. The molecule has 0 heterocycles. The van der Waals surface area contributed by atoms with Gasteiger partial charge in [-0.25, -0.2) is 9.13 Å². The highest BCUT2D eigenvalue weighted by Crippen LogP contribution is 2.45. The summed E-state index contributed by atoms with van der Waals surface area (Å²) >= 11 is 0. The van der Waals surface area contributed by atoms with Crippen molar-refractivity contribution in [3.05, 3.63) is 0 Å². The molecular formula is C88H172O17P2. The SMILES string of the molecule is CCC(C)CCCCCCCCCCCCCCCCCCCCC(=O)OC[C@H](COP(=O)(O)OCC(O)COP(=O)(O)OC[C@@H](COC(=O)CCCCCCCCC(C)C)OC(=O)CCCCCCCCCCCCCCCCCC(C)C)OC(=O)CCCCCCCCCCCCCCCCC(C)CC. The molecule has 0 bridgehead atoms. The molecule has 0 aromatic carbocycles. The Balaban J connectivity index is 5.20. The maximum atomic E-state index is 13.2. The van der Waals surface area contributed by atoms with E-state index in [0.29, 0.717) is 31.6 Å². The first kappa shape index (κ1) is 105. The lowest BCUT2D eigenvalue weighted by molar-refractivity contribution is -0.161. The zero-order valence-corrected chi connectivity index (χ0v) is 72.6. The quantitative estimate of drug-likeness (QED) is 0.0222. The van der Waals surface area contributed by atoms with E-state index in [-0.39, 0.29) is 25.7 Å². The summed E-state index contributed by atoms with van der Waals surface area (Å²) in [6.45, 7) is 14.4. The second-order valence-electron chi connectivity index (χ2n) is 33.1. The number of aliphatic hydroxyl groups is 1. The van der Waals surface area contributed by atoms with Crippen molar-refractivity contribution in [2.75, 3.05) is 39.6 Å². The van der Waals surface area contributed by atoms with Crippen LogP contribution in [0.25, 0.3) is 0 Å². The van der Waals surface area contributed by atoms with E-state index in [1.54, 1.807) is 0 Å². The Labute approximate surface area is 658 Å². The molecule has 0 spiro atoms. The summed E-state index contributed by atoms with van der Waals surface area (Å²) in [7, 11) is -9.93. The number of unbranched alkanes of at least 4 members (excludes halogenated alkanes) is 49. The summed E-state index contributed by atoms with van der Waals surface area (Å²) in [4.78, 5) is 73.2. The van der Waals surface area contributed by atoms with Gasteiger partial charge < -0.3 is 33.8 Å². The smallest absolute Gasteiger partial charge is 0.462 e. The lowest BCUT2D eigenvalue weighted by atomic mass is 9.99. The Bertz CT molecular complexity index is 2080. The molecule has 0 aromatic rings. The molecule has 0 saturated heterocycles. The van der Waals surface area contributed by atoms with Crippen LogP contribution >= 0.6 is 15.6 Å². The van der Waals surface area contributed by atoms with Gasteiger partial charge in [-0.1, -0.05) is 409 Å². The minimum atomic E-state index is -4.97. The maximum Gasteiger partial charge on any atom is 0.472 e. The van der Waals surface area contributed by atoms with Crippen molar-refractivity contribution in [2.24, 2.45) is 23.7 Å². The van der Waals surface area contributed by atoms with Gasteiger partial charge in [0.2, 0.25) is 0 Å². The molecule has 0 amide bonds. The molecule has 0 aromatic heterocycles. The number of aliphatic hydroxyl groups excluding tert-OH is 1. The van der Waals surface area contributed by atoms with Gasteiger partial charge in [0.05, 0.1) is 26.4 Å². The summed E-state index contributed by atoms with van der Waals surface area (Å²) in [5, 5.41) is 10.7. The third kappa shape index (κ3) is 79.1. The summed E-state index contributed by atoms with van der Waals surface area (Å²) in [5.74, 6) is 1.09. The second-order valence-corrected chi connectivity index (χ2v) is 36.0. The molecule has 0 rings (SSSR count). The minimum Gasteiger partial charge on any atom is -0.462 e. The van der Waals surface area contributed by atoms with Crippen LogP contribution < -0.4 is 0 Å². The fourth-order valence-electron chi connectivity index (χ4n) is 13.6. The molecule has 0 aliphatic carbocycles. The molecular weight excluding hydrogens is 1390 g/mol. The van der Waals surface area contributed by atoms with Crippen molar-refractivity contribution in [3.63, 3.8) is 0 Å². The van der Waals surface area contributed by atoms with E-state index < -0.39 is 97.5 Å². The van der Waals surface area contributed by atoms with Crippen molar-refractivity contribution >= 4 is 39.5 Å². The second kappa shape index (κ2) is 76.7. The van der Waals surface area contributed by atoms with Crippen LogP contribution in [0.5, 0.6) is 0 Å². The minimum absolute atomic E-state index is 0.107. The van der Waals surface area contributed by atoms with Gasteiger partial charge in [0.15, 0.2) is 12.2 Å². The number of rotatable bonds is 85. The predicted molar refractivity (Wildman–Crippen MR) is 441 cm³/mol. The van der Waals surface area contributed by atoms with Gasteiger partial charge in [0.1, 0.15) is 19.3 Å². The van der Waals surface area contributed by atoms with Crippen molar-refractivity contribution in [1.82, 2.24) is 0 Å². The first-order valence-corrected chi connectivity index (χ1v) is 48.3. The molecule has 0 saturated carbocycles. The van der Waals surface area contributed by atoms with Crippen LogP contribution in [0.15, 0.2) is 0 Å². The number of hydrogen-bond acceptors (Lipinski definition) is 15. The highest BCUT2D eigenvalue weighted by atomic mass is 31.2. The number of ether oxygens (including phenoxy) is 4. The van der Waals surface area contributed by atoms with Gasteiger partial charge in [0.25, 0.3) is 0 Å². The highest BCUT2D eigenvalue weighted by Gasteiger charge is 2.31. The summed E-state index contributed by atoms with van der Waals surface area (Å²) < 4.78 is 68.9. The number of phosphoric acid groups is 2. The van der Waals surface area contributed by atoms with Gasteiger partial charge in [0, 0.05) is 25.7 Å².